The molecule has 1 unspecified atom stereocenters. The van der Waals surface area contributed by atoms with Crippen molar-refractivity contribution in [2.75, 3.05) is 25.4 Å². The number of carbonyl (C=O) groups is 1. The Balaban J connectivity index is 1.35. The summed E-state index contributed by atoms with van der Waals surface area (Å²) < 4.78 is 0. The van der Waals surface area contributed by atoms with Crippen LogP contribution in [0.2, 0.25) is 0 Å². The highest BCUT2D eigenvalue weighted by Gasteiger charge is 2.29. The lowest BCUT2D eigenvalue weighted by Gasteiger charge is -2.12. The van der Waals surface area contributed by atoms with Gasteiger partial charge in [0.25, 0.3) is 0 Å². The van der Waals surface area contributed by atoms with Crippen molar-refractivity contribution in [1.82, 2.24) is 10.6 Å². The number of nitrogens with one attached hydrogen (secondary N) is 2. The Labute approximate surface area is 118 Å². The lowest BCUT2D eigenvalue weighted by molar-refractivity contribution is -0.122. The molecular weight excluding hydrogens is 256 g/mol. The summed E-state index contributed by atoms with van der Waals surface area (Å²) in [7, 11) is 0. The van der Waals surface area contributed by atoms with Crippen molar-refractivity contribution < 1.29 is 4.79 Å². The monoisotopic (exact) mass is 276 g/mol. The van der Waals surface area contributed by atoms with Gasteiger partial charge < -0.3 is 10.6 Å². The summed E-state index contributed by atoms with van der Waals surface area (Å²) in [6.07, 6.45) is 2.16. The number of fused-ring (bicyclic) bond motifs is 1. The molecule has 0 spiro atoms. The van der Waals surface area contributed by atoms with Gasteiger partial charge in [0.05, 0.1) is 0 Å². The Morgan fingerprint density at radius 2 is 2.11 bits per heavy atom. The van der Waals surface area contributed by atoms with Crippen molar-refractivity contribution in [3.63, 3.8) is 0 Å². The number of thioether (sulfide) groups is 1. The molecule has 1 heterocycles. The molecule has 19 heavy (non-hydrogen) atoms. The molecule has 1 fully saturated rings. The number of carbonyl (C=O) groups excluding carboxylic acids is 1. The smallest absolute Gasteiger partial charge is 0.223 e. The van der Waals surface area contributed by atoms with Crippen LogP contribution in [0.1, 0.15) is 24.3 Å². The molecule has 3 nitrogen and oxygen atoms in total. The number of benzene rings is 1. The third-order valence-corrected chi connectivity index (χ3v) is 4.99. The van der Waals surface area contributed by atoms with Crippen molar-refractivity contribution in [3.8, 4) is 0 Å². The van der Waals surface area contributed by atoms with E-state index in [1.807, 2.05) is 11.8 Å². The summed E-state index contributed by atoms with van der Waals surface area (Å²) in [5.74, 6) is 2.34. The zero-order valence-electron chi connectivity index (χ0n) is 11.0. The Morgan fingerprint density at radius 3 is 2.95 bits per heavy atom. The first-order chi connectivity index (χ1) is 9.34. The maximum Gasteiger partial charge on any atom is 0.223 e. The SMILES string of the molecule is O=C(NCCNCC1CSc2ccccc21)C1CC1. The fraction of sp³-hybridized carbons (Fsp3) is 0.533. The van der Waals surface area contributed by atoms with Crippen molar-refractivity contribution >= 4 is 17.7 Å². The first kappa shape index (κ1) is 13.0. The molecule has 1 aromatic rings. The topological polar surface area (TPSA) is 41.1 Å². The molecule has 1 atom stereocenters. The second kappa shape index (κ2) is 5.97. The van der Waals surface area contributed by atoms with Crippen LogP contribution < -0.4 is 10.6 Å². The number of amides is 1. The molecule has 3 rings (SSSR count). The Hall–Kier alpha value is -1.00. The van der Waals surface area contributed by atoms with E-state index in [4.69, 9.17) is 0 Å². The summed E-state index contributed by atoms with van der Waals surface area (Å²) in [5.41, 5.74) is 1.47. The molecule has 2 N–H and O–H groups in total. The van der Waals surface area contributed by atoms with Crippen molar-refractivity contribution in [3.05, 3.63) is 29.8 Å². The Bertz CT molecular complexity index is 459. The van der Waals surface area contributed by atoms with E-state index in [1.165, 1.54) is 16.2 Å². The van der Waals surface area contributed by atoms with Crippen molar-refractivity contribution in [2.45, 2.75) is 23.7 Å². The lowest BCUT2D eigenvalue weighted by atomic mass is 10.0. The average Bonchev–Trinajstić information content (AvgIpc) is 3.21. The van der Waals surface area contributed by atoms with E-state index in [-0.39, 0.29) is 5.91 Å². The molecule has 0 saturated heterocycles. The molecule has 4 heteroatoms. The zero-order valence-corrected chi connectivity index (χ0v) is 11.8. The van der Waals surface area contributed by atoms with E-state index < -0.39 is 0 Å². The quantitative estimate of drug-likeness (QED) is 0.781. The van der Waals surface area contributed by atoms with Crippen LogP contribution in [0, 0.1) is 5.92 Å². The van der Waals surface area contributed by atoms with Crippen LogP contribution in [0.25, 0.3) is 0 Å². The van der Waals surface area contributed by atoms with E-state index in [0.29, 0.717) is 11.8 Å². The second-order valence-electron chi connectivity index (χ2n) is 5.32. The van der Waals surface area contributed by atoms with Crippen LogP contribution in [0.3, 0.4) is 0 Å². The molecule has 102 valence electrons. The van der Waals surface area contributed by atoms with Crippen molar-refractivity contribution in [1.29, 1.82) is 0 Å². The highest BCUT2D eigenvalue weighted by molar-refractivity contribution is 7.99. The predicted octanol–water partition coefficient (Wildman–Crippen LogP) is 1.99. The van der Waals surface area contributed by atoms with Crippen LogP contribution in [0.5, 0.6) is 0 Å². The van der Waals surface area contributed by atoms with Gasteiger partial charge in [-0.2, -0.15) is 0 Å². The molecular formula is C15H20N2OS. The van der Waals surface area contributed by atoms with E-state index in [0.717, 1.165) is 32.5 Å². The molecule has 1 amide bonds. The summed E-state index contributed by atoms with van der Waals surface area (Å²) in [6, 6.07) is 8.66. The fourth-order valence-corrected chi connectivity index (χ4v) is 3.69. The summed E-state index contributed by atoms with van der Waals surface area (Å²) in [5, 5.41) is 6.44. The first-order valence-corrected chi connectivity index (χ1v) is 8.03. The van der Waals surface area contributed by atoms with E-state index in [2.05, 4.69) is 34.9 Å². The zero-order chi connectivity index (χ0) is 13.1. The maximum absolute atomic E-state index is 11.4. The molecule has 0 radical (unpaired) electrons. The maximum atomic E-state index is 11.4. The highest BCUT2D eigenvalue weighted by Crippen LogP contribution is 2.38. The van der Waals surface area contributed by atoms with E-state index >= 15 is 0 Å². The minimum Gasteiger partial charge on any atom is -0.355 e. The molecule has 0 aromatic heterocycles. The third kappa shape index (κ3) is 3.31. The van der Waals surface area contributed by atoms with Gasteiger partial charge in [-0.25, -0.2) is 0 Å². The first-order valence-electron chi connectivity index (χ1n) is 7.05. The average molecular weight is 276 g/mol. The lowest BCUT2D eigenvalue weighted by Crippen LogP contribution is -2.34. The van der Waals surface area contributed by atoms with Crippen LogP contribution in [0.4, 0.5) is 0 Å². The molecule has 1 saturated carbocycles. The fourth-order valence-electron chi connectivity index (χ4n) is 2.44. The van der Waals surface area contributed by atoms with Gasteiger partial charge in [-0.15, -0.1) is 11.8 Å². The second-order valence-corrected chi connectivity index (χ2v) is 6.38. The van der Waals surface area contributed by atoms with Gasteiger partial charge in [0, 0.05) is 42.1 Å². The van der Waals surface area contributed by atoms with Gasteiger partial charge in [0.2, 0.25) is 5.91 Å². The number of hydrogen-bond acceptors (Lipinski definition) is 3. The van der Waals surface area contributed by atoms with Gasteiger partial charge in [0.15, 0.2) is 0 Å². The van der Waals surface area contributed by atoms with Gasteiger partial charge in [-0.05, 0) is 24.5 Å². The molecule has 0 bridgehead atoms. The molecule has 1 aliphatic carbocycles. The standard InChI is InChI=1S/C15H20N2OS/c18-15(11-5-6-11)17-8-7-16-9-12-10-19-14-4-2-1-3-13(12)14/h1-4,11-12,16H,5-10H2,(H,17,18). The third-order valence-electron chi connectivity index (χ3n) is 3.74. The van der Waals surface area contributed by atoms with Gasteiger partial charge in [-0.3, -0.25) is 4.79 Å². The van der Waals surface area contributed by atoms with Crippen LogP contribution in [0.15, 0.2) is 29.2 Å². The van der Waals surface area contributed by atoms with Crippen LogP contribution in [-0.2, 0) is 4.79 Å². The largest absolute Gasteiger partial charge is 0.355 e. The summed E-state index contributed by atoms with van der Waals surface area (Å²) >= 11 is 1.95. The Morgan fingerprint density at radius 1 is 1.26 bits per heavy atom. The number of hydrogen-bond donors (Lipinski definition) is 2. The van der Waals surface area contributed by atoms with Gasteiger partial charge in [-0.1, -0.05) is 18.2 Å². The van der Waals surface area contributed by atoms with E-state index in [1.54, 1.807) is 0 Å². The van der Waals surface area contributed by atoms with Gasteiger partial charge in [0.1, 0.15) is 0 Å². The molecule has 1 aromatic carbocycles. The van der Waals surface area contributed by atoms with E-state index in [9.17, 15) is 4.79 Å². The predicted molar refractivity (Wildman–Crippen MR) is 78.5 cm³/mol. The normalized spacial score (nSPS) is 21.2. The Kier molecular flexibility index (Phi) is 4.09. The minimum absolute atomic E-state index is 0.239. The summed E-state index contributed by atoms with van der Waals surface area (Å²) in [6.45, 7) is 2.61. The molecule has 1 aliphatic heterocycles. The number of rotatable bonds is 6. The van der Waals surface area contributed by atoms with Crippen LogP contribution >= 0.6 is 11.8 Å². The van der Waals surface area contributed by atoms with Crippen LogP contribution in [-0.4, -0.2) is 31.3 Å². The molecule has 2 aliphatic rings. The highest BCUT2D eigenvalue weighted by atomic mass is 32.2. The van der Waals surface area contributed by atoms with Gasteiger partial charge >= 0.3 is 0 Å². The summed E-state index contributed by atoms with van der Waals surface area (Å²) in [4.78, 5) is 12.9. The minimum atomic E-state index is 0.239. The van der Waals surface area contributed by atoms with Crippen molar-refractivity contribution in [2.24, 2.45) is 5.92 Å².